The van der Waals surface area contributed by atoms with Crippen LogP contribution in [0.25, 0.3) is 0 Å². The van der Waals surface area contributed by atoms with Gasteiger partial charge >= 0.3 is 0 Å². The molecule has 88 valence electrons. The predicted octanol–water partition coefficient (Wildman–Crippen LogP) is 3.83. The third kappa shape index (κ3) is 1.91. The number of nitrogens with zero attached hydrogens (tertiary/aromatic N) is 2. The molecule has 0 aromatic heterocycles. The molecule has 1 heterocycles. The maximum Gasteiger partial charge on any atom is 0.0904 e. The first-order chi connectivity index (χ1) is 7.60. The smallest absolute Gasteiger partial charge is 0.0904 e. The van der Waals surface area contributed by atoms with Crippen molar-refractivity contribution in [3.8, 4) is 0 Å². The van der Waals surface area contributed by atoms with Gasteiger partial charge < -0.3 is 9.80 Å². The van der Waals surface area contributed by atoms with Crippen LogP contribution in [-0.4, -0.2) is 19.8 Å². The molecule has 0 bridgehead atoms. The zero-order valence-corrected chi connectivity index (χ0v) is 14.2. The summed E-state index contributed by atoms with van der Waals surface area (Å²) in [5.74, 6) is 0. The molecule has 0 fully saturated rings. The second kappa shape index (κ2) is 4.88. The van der Waals surface area contributed by atoms with Crippen molar-refractivity contribution in [1.82, 2.24) is 0 Å². The third-order valence-corrected chi connectivity index (χ3v) is 6.43. The van der Waals surface area contributed by atoms with Crippen LogP contribution in [0, 0.1) is 14.1 Å². The van der Waals surface area contributed by atoms with Crippen LogP contribution < -0.4 is 9.80 Å². The van der Waals surface area contributed by atoms with Crippen molar-refractivity contribution in [2.24, 2.45) is 0 Å². The molecule has 0 saturated carbocycles. The number of hydrogen-bond donors (Lipinski definition) is 0. The molecule has 1 aromatic rings. The summed E-state index contributed by atoms with van der Waals surface area (Å²) in [5.41, 5.74) is 4.28. The van der Waals surface area contributed by atoms with Gasteiger partial charge in [-0.15, -0.1) is 0 Å². The van der Waals surface area contributed by atoms with Crippen LogP contribution in [0.5, 0.6) is 0 Å². The summed E-state index contributed by atoms with van der Waals surface area (Å²) < 4.78 is 2.76. The standard InChI is InChI=1S/C12H16I2N2/c1-4-15-7-16(5-2)12-8(3)11(14)9(13)6-10(12)15/h6H,4-5,7H2,1-3H3. The van der Waals surface area contributed by atoms with E-state index in [1.165, 1.54) is 24.1 Å². The highest BCUT2D eigenvalue weighted by Gasteiger charge is 2.27. The molecule has 0 radical (unpaired) electrons. The first-order valence-electron chi connectivity index (χ1n) is 5.58. The van der Waals surface area contributed by atoms with Gasteiger partial charge in [-0.05, 0) is 77.6 Å². The van der Waals surface area contributed by atoms with Crippen LogP contribution in [0.3, 0.4) is 0 Å². The van der Waals surface area contributed by atoms with Gasteiger partial charge in [0, 0.05) is 20.2 Å². The lowest BCUT2D eigenvalue weighted by Crippen LogP contribution is -2.30. The molecule has 4 heteroatoms. The van der Waals surface area contributed by atoms with E-state index in [-0.39, 0.29) is 0 Å². The van der Waals surface area contributed by atoms with E-state index in [4.69, 9.17) is 0 Å². The van der Waals surface area contributed by atoms with Crippen LogP contribution >= 0.6 is 45.2 Å². The molecule has 0 unspecified atom stereocenters. The van der Waals surface area contributed by atoms with Gasteiger partial charge in [-0.2, -0.15) is 0 Å². The van der Waals surface area contributed by atoms with E-state index >= 15 is 0 Å². The summed E-state index contributed by atoms with van der Waals surface area (Å²) in [5, 5.41) is 0. The highest BCUT2D eigenvalue weighted by atomic mass is 127. The molecule has 0 aliphatic carbocycles. The van der Waals surface area contributed by atoms with Crippen molar-refractivity contribution < 1.29 is 0 Å². The van der Waals surface area contributed by atoms with Crippen LogP contribution in [0.1, 0.15) is 19.4 Å². The van der Waals surface area contributed by atoms with E-state index in [9.17, 15) is 0 Å². The molecule has 16 heavy (non-hydrogen) atoms. The Morgan fingerprint density at radius 3 is 2.38 bits per heavy atom. The normalized spacial score (nSPS) is 14.6. The number of fused-ring (bicyclic) bond motifs is 1. The van der Waals surface area contributed by atoms with Crippen LogP contribution in [0.2, 0.25) is 0 Å². The highest BCUT2D eigenvalue weighted by Crippen LogP contribution is 2.42. The first kappa shape index (κ1) is 12.7. The van der Waals surface area contributed by atoms with E-state index in [1.54, 1.807) is 0 Å². The first-order valence-corrected chi connectivity index (χ1v) is 7.74. The molecule has 1 aromatic carbocycles. The predicted molar refractivity (Wildman–Crippen MR) is 87.5 cm³/mol. The van der Waals surface area contributed by atoms with Crippen LogP contribution in [-0.2, 0) is 0 Å². The van der Waals surface area contributed by atoms with E-state index in [0.29, 0.717) is 0 Å². The van der Waals surface area contributed by atoms with Crippen molar-refractivity contribution in [3.05, 3.63) is 18.8 Å². The minimum absolute atomic E-state index is 1.04. The van der Waals surface area contributed by atoms with Crippen LogP contribution in [0.15, 0.2) is 6.07 Å². The van der Waals surface area contributed by atoms with Crippen molar-refractivity contribution in [2.45, 2.75) is 20.8 Å². The summed E-state index contributed by atoms with van der Waals surface area (Å²) in [6, 6.07) is 2.32. The molecule has 2 nitrogen and oxygen atoms in total. The lowest BCUT2D eigenvalue weighted by atomic mass is 10.1. The number of hydrogen-bond acceptors (Lipinski definition) is 2. The molecule has 1 aliphatic heterocycles. The van der Waals surface area contributed by atoms with Crippen molar-refractivity contribution in [3.63, 3.8) is 0 Å². The Kier molecular flexibility index (Phi) is 3.88. The molecule has 0 spiro atoms. The van der Waals surface area contributed by atoms with Gasteiger partial charge in [0.05, 0.1) is 18.0 Å². The van der Waals surface area contributed by atoms with Crippen LogP contribution in [0.4, 0.5) is 11.4 Å². The molecular weight excluding hydrogens is 426 g/mol. The SMILES string of the molecule is CCN1CN(CC)c2c1cc(I)c(I)c2C. The van der Waals surface area contributed by atoms with Gasteiger partial charge in [-0.1, -0.05) is 0 Å². The van der Waals surface area contributed by atoms with Gasteiger partial charge in [0.1, 0.15) is 0 Å². The number of rotatable bonds is 2. The minimum Gasteiger partial charge on any atom is -0.352 e. The fourth-order valence-electron chi connectivity index (χ4n) is 2.25. The zero-order valence-electron chi connectivity index (χ0n) is 9.85. The fourth-order valence-corrected chi connectivity index (χ4v) is 3.36. The van der Waals surface area contributed by atoms with Gasteiger partial charge in [0.25, 0.3) is 0 Å². The average Bonchev–Trinajstić information content (AvgIpc) is 2.64. The Hall–Kier alpha value is 0.280. The lowest BCUT2D eigenvalue weighted by Gasteiger charge is -2.19. The summed E-state index contributed by atoms with van der Waals surface area (Å²) in [4.78, 5) is 4.91. The topological polar surface area (TPSA) is 6.48 Å². The second-order valence-electron chi connectivity index (χ2n) is 4.02. The van der Waals surface area contributed by atoms with Gasteiger partial charge in [0.2, 0.25) is 0 Å². The average molecular weight is 442 g/mol. The Bertz CT molecular complexity index is 418. The molecule has 0 saturated heterocycles. The molecule has 1 aliphatic rings. The van der Waals surface area contributed by atoms with E-state index in [1.807, 2.05) is 0 Å². The number of halogens is 2. The molecule has 0 atom stereocenters. The van der Waals surface area contributed by atoms with Gasteiger partial charge in [0.15, 0.2) is 0 Å². The fraction of sp³-hybridized carbons (Fsp3) is 0.500. The molecule has 2 rings (SSSR count). The maximum absolute atomic E-state index is 2.46. The Balaban J connectivity index is 2.60. The minimum atomic E-state index is 1.04. The molecular formula is C12H16I2N2. The largest absolute Gasteiger partial charge is 0.352 e. The summed E-state index contributed by atoms with van der Waals surface area (Å²) in [7, 11) is 0. The second-order valence-corrected chi connectivity index (χ2v) is 6.26. The van der Waals surface area contributed by atoms with E-state index < -0.39 is 0 Å². The Morgan fingerprint density at radius 2 is 1.81 bits per heavy atom. The lowest BCUT2D eigenvalue weighted by molar-refractivity contribution is 0.800. The van der Waals surface area contributed by atoms with E-state index in [0.717, 1.165) is 19.8 Å². The number of benzene rings is 1. The quantitative estimate of drug-likeness (QED) is 0.643. The Labute approximate surface area is 125 Å². The monoisotopic (exact) mass is 442 g/mol. The third-order valence-electron chi connectivity index (χ3n) is 3.16. The van der Waals surface area contributed by atoms with E-state index in [2.05, 4.69) is 81.8 Å². The zero-order chi connectivity index (χ0) is 11.9. The highest BCUT2D eigenvalue weighted by molar-refractivity contribution is 14.1. The number of anilines is 2. The summed E-state index contributed by atoms with van der Waals surface area (Å²) in [6.45, 7) is 9.90. The molecule has 0 N–H and O–H groups in total. The summed E-state index contributed by atoms with van der Waals surface area (Å²) >= 11 is 4.89. The van der Waals surface area contributed by atoms with Crippen molar-refractivity contribution >= 4 is 56.6 Å². The molecule has 0 amide bonds. The Morgan fingerprint density at radius 1 is 1.19 bits per heavy atom. The van der Waals surface area contributed by atoms with Gasteiger partial charge in [-0.25, -0.2) is 0 Å². The summed E-state index contributed by atoms with van der Waals surface area (Å²) in [6.07, 6.45) is 0. The maximum atomic E-state index is 2.46. The van der Waals surface area contributed by atoms with Gasteiger partial charge in [-0.3, -0.25) is 0 Å². The van der Waals surface area contributed by atoms with Crippen molar-refractivity contribution in [1.29, 1.82) is 0 Å². The van der Waals surface area contributed by atoms with Crippen molar-refractivity contribution in [2.75, 3.05) is 29.6 Å².